The lowest BCUT2D eigenvalue weighted by Crippen LogP contribution is -2.41. The molecule has 0 fully saturated rings. The second kappa shape index (κ2) is 5.03. The van der Waals surface area contributed by atoms with Gasteiger partial charge in [-0.15, -0.1) is 11.3 Å². The van der Waals surface area contributed by atoms with Crippen molar-refractivity contribution >= 4 is 11.3 Å². The largest absolute Gasteiger partial charge is 0.488 e. The highest BCUT2D eigenvalue weighted by Crippen LogP contribution is 2.36. The summed E-state index contributed by atoms with van der Waals surface area (Å²) in [5.74, 6) is 1.69. The van der Waals surface area contributed by atoms with E-state index in [1.165, 1.54) is 0 Å². The van der Waals surface area contributed by atoms with E-state index in [9.17, 15) is 0 Å². The molecule has 2 N–H and O–H groups in total. The summed E-state index contributed by atoms with van der Waals surface area (Å²) in [5, 5.41) is 15.8. The van der Waals surface area contributed by atoms with Gasteiger partial charge in [0.05, 0.1) is 19.8 Å². The van der Waals surface area contributed by atoms with Gasteiger partial charge in [0.25, 0.3) is 0 Å². The maximum atomic E-state index is 8.72. The monoisotopic (exact) mass is 243 g/mol. The van der Waals surface area contributed by atoms with Crippen molar-refractivity contribution in [2.45, 2.75) is 6.92 Å². The van der Waals surface area contributed by atoms with Crippen LogP contribution in [0.4, 0.5) is 0 Å². The molecular weight excluding hydrogens is 226 g/mol. The van der Waals surface area contributed by atoms with E-state index in [0.717, 1.165) is 18.0 Å². The van der Waals surface area contributed by atoms with Gasteiger partial charge in [-0.3, -0.25) is 0 Å². The molecule has 2 heterocycles. The minimum absolute atomic E-state index is 0.0497. The Hall–Kier alpha value is -0.780. The molecule has 1 aromatic rings. The standard InChI is InChI=1S/C11H17NO3S/c1-11(6-12-2-3-13)7-14-9-4-16-5-10(9)15-8-11/h4-5,12-13H,2-3,6-8H2,1H3. The summed E-state index contributed by atoms with van der Waals surface area (Å²) in [6, 6.07) is 0. The van der Waals surface area contributed by atoms with Gasteiger partial charge < -0.3 is 19.9 Å². The van der Waals surface area contributed by atoms with E-state index < -0.39 is 0 Å². The van der Waals surface area contributed by atoms with Crippen LogP contribution in [0.5, 0.6) is 11.5 Å². The number of aliphatic hydroxyl groups is 1. The van der Waals surface area contributed by atoms with E-state index in [1.807, 2.05) is 10.8 Å². The molecule has 0 saturated heterocycles. The number of hydrogen-bond donors (Lipinski definition) is 2. The lowest BCUT2D eigenvalue weighted by molar-refractivity contribution is 0.118. The average Bonchev–Trinajstić information content (AvgIpc) is 2.66. The topological polar surface area (TPSA) is 50.7 Å². The highest BCUT2D eigenvalue weighted by Gasteiger charge is 2.30. The lowest BCUT2D eigenvalue weighted by Gasteiger charge is -2.26. The normalized spacial score (nSPS) is 18.1. The van der Waals surface area contributed by atoms with Crippen LogP contribution in [0.3, 0.4) is 0 Å². The van der Waals surface area contributed by atoms with Gasteiger partial charge in [0.15, 0.2) is 11.5 Å². The van der Waals surface area contributed by atoms with Gasteiger partial charge in [0.2, 0.25) is 0 Å². The van der Waals surface area contributed by atoms with Crippen molar-refractivity contribution in [2.24, 2.45) is 5.41 Å². The van der Waals surface area contributed by atoms with Crippen LogP contribution in [-0.4, -0.2) is 38.0 Å². The summed E-state index contributed by atoms with van der Waals surface area (Å²) >= 11 is 1.59. The van der Waals surface area contributed by atoms with Crippen LogP contribution in [-0.2, 0) is 0 Å². The van der Waals surface area contributed by atoms with Crippen molar-refractivity contribution in [3.8, 4) is 11.5 Å². The molecule has 1 aromatic heterocycles. The predicted octanol–water partition coefficient (Wildman–Crippen LogP) is 1.11. The first-order valence-corrected chi connectivity index (χ1v) is 6.31. The molecule has 1 aliphatic rings. The van der Waals surface area contributed by atoms with Crippen LogP contribution in [0.1, 0.15) is 6.92 Å². The maximum absolute atomic E-state index is 8.72. The predicted molar refractivity (Wildman–Crippen MR) is 63.4 cm³/mol. The van der Waals surface area contributed by atoms with E-state index >= 15 is 0 Å². The summed E-state index contributed by atoms with van der Waals surface area (Å²) in [4.78, 5) is 0. The molecule has 0 amide bonds. The Morgan fingerprint density at radius 2 is 2.00 bits per heavy atom. The third kappa shape index (κ3) is 2.66. The highest BCUT2D eigenvalue weighted by atomic mass is 32.1. The van der Waals surface area contributed by atoms with Gasteiger partial charge in [-0.2, -0.15) is 0 Å². The first-order chi connectivity index (χ1) is 7.73. The molecule has 4 nitrogen and oxygen atoms in total. The fourth-order valence-corrected chi connectivity index (χ4v) is 2.28. The van der Waals surface area contributed by atoms with E-state index in [1.54, 1.807) is 11.3 Å². The third-order valence-electron chi connectivity index (χ3n) is 2.59. The minimum Gasteiger partial charge on any atom is -0.488 e. The molecule has 0 aliphatic carbocycles. The molecule has 90 valence electrons. The van der Waals surface area contributed by atoms with Crippen molar-refractivity contribution in [3.05, 3.63) is 10.8 Å². The summed E-state index contributed by atoms with van der Waals surface area (Å²) in [6.07, 6.45) is 0. The molecule has 0 spiro atoms. The molecule has 0 aromatic carbocycles. The molecular formula is C11H17NO3S. The SMILES string of the molecule is CC1(CNCCO)COc2cscc2OC1. The number of nitrogens with one attached hydrogen (secondary N) is 1. The molecule has 1 aliphatic heterocycles. The average molecular weight is 243 g/mol. The summed E-state index contributed by atoms with van der Waals surface area (Å²) in [6.45, 7) is 4.93. The van der Waals surface area contributed by atoms with Crippen LogP contribution in [0.25, 0.3) is 0 Å². The smallest absolute Gasteiger partial charge is 0.171 e. The van der Waals surface area contributed by atoms with Gasteiger partial charge in [-0.1, -0.05) is 6.92 Å². The minimum atomic E-state index is -0.0497. The van der Waals surface area contributed by atoms with Crippen LogP contribution < -0.4 is 14.8 Å². The van der Waals surface area contributed by atoms with Gasteiger partial charge in [-0.05, 0) is 0 Å². The maximum Gasteiger partial charge on any atom is 0.171 e. The molecule has 0 saturated carbocycles. The molecule has 0 atom stereocenters. The molecule has 2 rings (SSSR count). The number of hydrogen-bond acceptors (Lipinski definition) is 5. The van der Waals surface area contributed by atoms with Crippen LogP contribution in [0.15, 0.2) is 10.8 Å². The lowest BCUT2D eigenvalue weighted by atomic mass is 9.93. The fraction of sp³-hybridized carbons (Fsp3) is 0.636. The summed E-state index contributed by atoms with van der Waals surface area (Å²) in [5.41, 5.74) is -0.0497. The van der Waals surface area contributed by atoms with E-state index in [4.69, 9.17) is 14.6 Å². The molecule has 0 unspecified atom stereocenters. The Kier molecular flexibility index (Phi) is 3.68. The van der Waals surface area contributed by atoms with Gasteiger partial charge >= 0.3 is 0 Å². The highest BCUT2D eigenvalue weighted by molar-refractivity contribution is 7.08. The van der Waals surface area contributed by atoms with Gasteiger partial charge in [-0.25, -0.2) is 0 Å². The van der Waals surface area contributed by atoms with Gasteiger partial charge in [0.1, 0.15) is 0 Å². The van der Waals surface area contributed by atoms with Crippen molar-refractivity contribution < 1.29 is 14.6 Å². The summed E-state index contributed by atoms with van der Waals surface area (Å²) < 4.78 is 11.4. The van der Waals surface area contributed by atoms with E-state index in [-0.39, 0.29) is 12.0 Å². The van der Waals surface area contributed by atoms with Crippen molar-refractivity contribution in [1.29, 1.82) is 0 Å². The number of aliphatic hydroxyl groups excluding tert-OH is 1. The molecule has 5 heteroatoms. The quantitative estimate of drug-likeness (QED) is 0.778. The first-order valence-electron chi connectivity index (χ1n) is 5.37. The second-order valence-corrected chi connectivity index (χ2v) is 5.13. The Balaban J connectivity index is 1.92. The Labute approximate surface area is 99.2 Å². The molecule has 0 radical (unpaired) electrons. The Morgan fingerprint density at radius 1 is 1.38 bits per heavy atom. The van der Waals surface area contributed by atoms with Crippen LogP contribution in [0, 0.1) is 5.41 Å². The number of ether oxygens (including phenoxy) is 2. The third-order valence-corrected chi connectivity index (χ3v) is 3.29. The van der Waals surface area contributed by atoms with Crippen molar-refractivity contribution in [1.82, 2.24) is 5.32 Å². The first kappa shape index (κ1) is 11.7. The van der Waals surface area contributed by atoms with Gasteiger partial charge in [0, 0.05) is 29.3 Å². The van der Waals surface area contributed by atoms with Crippen molar-refractivity contribution in [2.75, 3.05) is 32.9 Å². The zero-order valence-corrected chi connectivity index (χ0v) is 10.2. The summed E-state index contributed by atoms with van der Waals surface area (Å²) in [7, 11) is 0. The Morgan fingerprint density at radius 3 is 2.56 bits per heavy atom. The molecule has 0 bridgehead atoms. The fourth-order valence-electron chi connectivity index (χ4n) is 1.60. The second-order valence-electron chi connectivity index (χ2n) is 4.39. The number of fused-ring (bicyclic) bond motifs is 1. The number of thiophene rings is 1. The zero-order chi connectivity index (χ0) is 11.4. The van der Waals surface area contributed by atoms with E-state index in [0.29, 0.717) is 19.8 Å². The Bertz CT molecular complexity index is 317. The van der Waals surface area contributed by atoms with Crippen molar-refractivity contribution in [3.63, 3.8) is 0 Å². The zero-order valence-electron chi connectivity index (χ0n) is 9.36. The van der Waals surface area contributed by atoms with E-state index in [2.05, 4.69) is 12.2 Å². The molecule has 16 heavy (non-hydrogen) atoms. The number of rotatable bonds is 4. The van der Waals surface area contributed by atoms with Crippen LogP contribution in [0.2, 0.25) is 0 Å². The van der Waals surface area contributed by atoms with Crippen LogP contribution >= 0.6 is 11.3 Å².